The normalized spacial score (nSPS) is 14.1. The first kappa shape index (κ1) is 22.5. The Labute approximate surface area is 204 Å². The molecule has 0 spiro atoms. The van der Waals surface area contributed by atoms with Crippen molar-refractivity contribution in [3.8, 4) is 11.4 Å². The van der Waals surface area contributed by atoms with E-state index in [1.807, 2.05) is 56.6 Å². The van der Waals surface area contributed by atoms with Crippen molar-refractivity contribution in [3.63, 3.8) is 0 Å². The fourth-order valence-electron chi connectivity index (χ4n) is 4.16. The molecule has 34 heavy (non-hydrogen) atoms. The summed E-state index contributed by atoms with van der Waals surface area (Å²) in [6, 6.07) is 14.0. The Morgan fingerprint density at radius 2 is 1.76 bits per heavy atom. The summed E-state index contributed by atoms with van der Waals surface area (Å²) in [6.07, 6.45) is 3.97. The number of ether oxygens (including phenoxy) is 2. The van der Waals surface area contributed by atoms with E-state index >= 15 is 0 Å². The smallest absolute Gasteiger partial charge is 0.229 e. The van der Waals surface area contributed by atoms with E-state index in [0.29, 0.717) is 5.95 Å². The van der Waals surface area contributed by atoms with Gasteiger partial charge < -0.3 is 24.3 Å². The lowest BCUT2D eigenvalue weighted by Gasteiger charge is -2.30. The summed E-state index contributed by atoms with van der Waals surface area (Å²) in [7, 11) is 0. The van der Waals surface area contributed by atoms with E-state index in [0.717, 1.165) is 70.7 Å². The minimum atomic E-state index is 0.136. The maximum atomic E-state index is 6.83. The maximum absolute atomic E-state index is 6.83. The van der Waals surface area contributed by atoms with E-state index in [9.17, 15) is 0 Å². The third kappa shape index (κ3) is 4.54. The number of nitrogens with one attached hydrogen (secondary N) is 1. The fourth-order valence-corrected chi connectivity index (χ4v) is 4.44. The fraction of sp³-hybridized carbons (Fsp3) is 0.308. The van der Waals surface area contributed by atoms with E-state index in [1.165, 1.54) is 0 Å². The first-order valence-corrected chi connectivity index (χ1v) is 11.9. The molecular weight excluding hydrogens is 450 g/mol. The number of rotatable bonds is 6. The minimum absolute atomic E-state index is 0.136. The minimum Gasteiger partial charge on any atom is -0.491 e. The molecule has 5 rings (SSSR count). The summed E-state index contributed by atoms with van der Waals surface area (Å²) < 4.78 is 13.3. The van der Waals surface area contributed by atoms with Gasteiger partial charge in [-0.1, -0.05) is 11.6 Å². The zero-order valence-corrected chi connectivity index (χ0v) is 20.3. The molecule has 1 aliphatic heterocycles. The van der Waals surface area contributed by atoms with E-state index < -0.39 is 0 Å². The van der Waals surface area contributed by atoms with Gasteiger partial charge in [-0.05, 0) is 68.8 Å². The molecule has 7 nitrogen and oxygen atoms in total. The first-order chi connectivity index (χ1) is 16.5. The van der Waals surface area contributed by atoms with Gasteiger partial charge in [-0.2, -0.15) is 4.98 Å². The van der Waals surface area contributed by atoms with E-state index in [-0.39, 0.29) is 6.10 Å². The summed E-state index contributed by atoms with van der Waals surface area (Å²) in [6.45, 7) is 9.20. The van der Waals surface area contributed by atoms with E-state index in [4.69, 9.17) is 26.1 Å². The Balaban J connectivity index is 1.43. The molecule has 0 radical (unpaired) electrons. The van der Waals surface area contributed by atoms with Gasteiger partial charge in [0.05, 0.1) is 35.7 Å². The Morgan fingerprint density at radius 3 is 2.50 bits per heavy atom. The Bertz CT molecular complexity index is 1300. The second kappa shape index (κ2) is 9.52. The molecule has 2 aromatic heterocycles. The molecule has 3 heterocycles. The van der Waals surface area contributed by atoms with Crippen LogP contribution in [0.2, 0.25) is 5.02 Å². The molecule has 2 aromatic carbocycles. The average molecular weight is 478 g/mol. The summed E-state index contributed by atoms with van der Waals surface area (Å²) in [5, 5.41) is 5.01. The van der Waals surface area contributed by atoms with Crippen molar-refractivity contribution in [1.29, 1.82) is 0 Å². The van der Waals surface area contributed by atoms with Crippen LogP contribution in [0.4, 0.5) is 17.3 Å². The number of morpholine rings is 1. The Morgan fingerprint density at radius 1 is 1.03 bits per heavy atom. The number of benzene rings is 2. The maximum Gasteiger partial charge on any atom is 0.229 e. The summed E-state index contributed by atoms with van der Waals surface area (Å²) in [4.78, 5) is 11.6. The van der Waals surface area contributed by atoms with Gasteiger partial charge in [-0.3, -0.25) is 0 Å². The Hall–Kier alpha value is -3.29. The van der Waals surface area contributed by atoms with Gasteiger partial charge in [0.2, 0.25) is 5.95 Å². The van der Waals surface area contributed by atoms with Crippen LogP contribution < -0.4 is 15.0 Å². The molecule has 1 fully saturated rings. The highest BCUT2D eigenvalue weighted by Gasteiger charge is 2.18. The molecule has 0 amide bonds. The number of hydrogen-bond acceptors (Lipinski definition) is 6. The van der Waals surface area contributed by atoms with Crippen LogP contribution in [-0.4, -0.2) is 46.9 Å². The number of hydrogen-bond donors (Lipinski definition) is 1. The van der Waals surface area contributed by atoms with Crippen molar-refractivity contribution in [3.05, 3.63) is 65.4 Å². The van der Waals surface area contributed by atoms with Gasteiger partial charge in [0.25, 0.3) is 0 Å². The summed E-state index contributed by atoms with van der Waals surface area (Å²) >= 11 is 6.83. The number of anilines is 3. The van der Waals surface area contributed by atoms with E-state index in [1.54, 1.807) is 0 Å². The standard InChI is InChI=1S/C26H28ClN5O2/c1-17(2)34-21-6-4-20(5-7-21)29-26-28-16-19-10-11-32(25(19)30-26)22-8-9-23(24(27)18(22)3)31-12-14-33-15-13-31/h4-11,16-17H,12-15H2,1-3H3,(H,28,29,30). The van der Waals surface area contributed by atoms with Crippen LogP contribution in [-0.2, 0) is 4.74 Å². The van der Waals surface area contributed by atoms with Crippen LogP contribution in [0, 0.1) is 6.92 Å². The van der Waals surface area contributed by atoms with Gasteiger partial charge in [0.15, 0.2) is 0 Å². The van der Waals surface area contributed by atoms with Crippen molar-refractivity contribution >= 4 is 40.0 Å². The van der Waals surface area contributed by atoms with Gasteiger partial charge in [-0.15, -0.1) is 0 Å². The number of aromatic nitrogens is 3. The van der Waals surface area contributed by atoms with Crippen molar-refractivity contribution in [2.75, 3.05) is 36.5 Å². The molecule has 0 unspecified atom stereocenters. The van der Waals surface area contributed by atoms with Gasteiger partial charge >= 0.3 is 0 Å². The molecule has 0 atom stereocenters. The Kier molecular flexibility index (Phi) is 6.30. The SMILES string of the molecule is Cc1c(-n2ccc3cnc(Nc4ccc(OC(C)C)cc4)nc32)ccc(N2CCOCC2)c1Cl. The second-order valence-corrected chi connectivity index (χ2v) is 8.99. The van der Waals surface area contributed by atoms with Gasteiger partial charge in [0, 0.05) is 36.6 Å². The number of fused-ring (bicyclic) bond motifs is 1. The largest absolute Gasteiger partial charge is 0.491 e. The lowest BCUT2D eigenvalue weighted by molar-refractivity contribution is 0.122. The monoisotopic (exact) mass is 477 g/mol. The highest BCUT2D eigenvalue weighted by molar-refractivity contribution is 6.34. The van der Waals surface area contributed by atoms with Crippen LogP contribution in [0.25, 0.3) is 16.7 Å². The van der Waals surface area contributed by atoms with Gasteiger partial charge in [-0.25, -0.2) is 4.98 Å². The molecule has 1 N–H and O–H groups in total. The molecule has 8 heteroatoms. The average Bonchev–Trinajstić information content (AvgIpc) is 3.25. The van der Waals surface area contributed by atoms with Crippen LogP contribution in [0.1, 0.15) is 19.4 Å². The molecule has 0 bridgehead atoms. The zero-order chi connectivity index (χ0) is 23.7. The molecule has 176 valence electrons. The predicted octanol–water partition coefficient (Wildman–Crippen LogP) is 5.75. The first-order valence-electron chi connectivity index (χ1n) is 11.5. The van der Waals surface area contributed by atoms with Gasteiger partial charge in [0.1, 0.15) is 11.4 Å². The van der Waals surface area contributed by atoms with Crippen LogP contribution in [0.5, 0.6) is 5.75 Å². The van der Waals surface area contributed by atoms with E-state index in [2.05, 4.69) is 38.8 Å². The zero-order valence-electron chi connectivity index (χ0n) is 19.6. The van der Waals surface area contributed by atoms with Crippen LogP contribution in [0.3, 0.4) is 0 Å². The van der Waals surface area contributed by atoms with Crippen molar-refractivity contribution in [2.45, 2.75) is 26.9 Å². The summed E-state index contributed by atoms with van der Waals surface area (Å²) in [5.41, 5.74) is 4.76. The number of halogens is 1. The lowest BCUT2D eigenvalue weighted by atomic mass is 10.1. The highest BCUT2D eigenvalue weighted by Crippen LogP contribution is 2.34. The van der Waals surface area contributed by atoms with Crippen molar-refractivity contribution < 1.29 is 9.47 Å². The lowest BCUT2D eigenvalue weighted by Crippen LogP contribution is -2.36. The second-order valence-electron chi connectivity index (χ2n) is 8.62. The van der Waals surface area contributed by atoms with Crippen LogP contribution >= 0.6 is 11.6 Å². The highest BCUT2D eigenvalue weighted by atomic mass is 35.5. The molecule has 1 saturated heterocycles. The molecular formula is C26H28ClN5O2. The third-order valence-electron chi connectivity index (χ3n) is 5.86. The predicted molar refractivity (Wildman–Crippen MR) is 137 cm³/mol. The van der Waals surface area contributed by atoms with Crippen molar-refractivity contribution in [1.82, 2.24) is 14.5 Å². The molecule has 0 saturated carbocycles. The third-order valence-corrected chi connectivity index (χ3v) is 6.34. The molecule has 1 aliphatic rings. The molecule has 0 aliphatic carbocycles. The van der Waals surface area contributed by atoms with Crippen molar-refractivity contribution in [2.24, 2.45) is 0 Å². The topological polar surface area (TPSA) is 64.4 Å². The quantitative estimate of drug-likeness (QED) is 0.381. The summed E-state index contributed by atoms with van der Waals surface area (Å²) in [5.74, 6) is 1.36. The number of nitrogens with zero attached hydrogens (tertiary/aromatic N) is 4. The molecule has 4 aromatic rings. The van der Waals surface area contributed by atoms with Crippen LogP contribution in [0.15, 0.2) is 54.9 Å².